The van der Waals surface area contributed by atoms with Gasteiger partial charge < -0.3 is 24.0 Å². The molecule has 0 saturated carbocycles. The van der Waals surface area contributed by atoms with Crippen molar-refractivity contribution in [2.24, 2.45) is 0 Å². The molecule has 2 fully saturated rings. The van der Waals surface area contributed by atoms with Crippen LogP contribution in [0.4, 0.5) is 20.4 Å². The fourth-order valence-electron chi connectivity index (χ4n) is 4.57. The van der Waals surface area contributed by atoms with E-state index in [1.165, 1.54) is 12.1 Å². The lowest BCUT2D eigenvalue weighted by atomic mass is 10.1. The number of H-pyrrole nitrogens is 1. The van der Waals surface area contributed by atoms with Crippen molar-refractivity contribution in [3.8, 4) is 5.75 Å². The molecule has 0 bridgehead atoms. The first-order valence-corrected chi connectivity index (χ1v) is 11.7. The summed E-state index contributed by atoms with van der Waals surface area (Å²) in [5.41, 5.74) is 1.09. The van der Waals surface area contributed by atoms with Crippen LogP contribution >= 0.6 is 0 Å². The molecule has 11 heteroatoms. The second kappa shape index (κ2) is 10.2. The highest BCUT2D eigenvalue weighted by Gasteiger charge is 2.26. The Morgan fingerprint density at radius 2 is 1.68 bits per heavy atom. The van der Waals surface area contributed by atoms with Crippen LogP contribution in [-0.4, -0.2) is 87.1 Å². The molecule has 2 aromatic rings. The molecule has 0 spiro atoms. The van der Waals surface area contributed by atoms with Gasteiger partial charge in [0.05, 0.1) is 37.7 Å². The van der Waals surface area contributed by atoms with Crippen molar-refractivity contribution >= 4 is 11.6 Å². The van der Waals surface area contributed by atoms with Crippen LogP contribution in [0.5, 0.6) is 5.75 Å². The summed E-state index contributed by atoms with van der Waals surface area (Å²) in [5, 5.41) is 0. The average molecular weight is 478 g/mol. The molecule has 5 rings (SSSR count). The van der Waals surface area contributed by atoms with E-state index in [1.807, 2.05) is 4.90 Å². The quantitative estimate of drug-likeness (QED) is 0.664. The standard InChI is InChI=1S/C23H29F2N5O4/c24-18-13-16(34-12-8-28-6-10-32-11-7-28)14-19(25)21(18)29-2-4-30(5-3-29)23-26-20-1-9-33-15-17(20)22(31)27-23/h13-14H,1-12,15H2,(H,26,27,31). The molecule has 1 aromatic carbocycles. The van der Waals surface area contributed by atoms with Gasteiger partial charge in [0.1, 0.15) is 18.0 Å². The van der Waals surface area contributed by atoms with Gasteiger partial charge in [0.2, 0.25) is 5.95 Å². The minimum atomic E-state index is -0.643. The molecular formula is C23H29F2N5O4. The summed E-state index contributed by atoms with van der Waals surface area (Å²) in [4.78, 5) is 25.6. The van der Waals surface area contributed by atoms with Gasteiger partial charge in [-0.3, -0.25) is 14.7 Å². The van der Waals surface area contributed by atoms with Crippen LogP contribution < -0.4 is 20.1 Å². The number of piperazine rings is 1. The van der Waals surface area contributed by atoms with Crippen molar-refractivity contribution in [2.45, 2.75) is 13.0 Å². The molecule has 0 atom stereocenters. The molecule has 184 valence electrons. The van der Waals surface area contributed by atoms with Crippen LogP contribution in [0, 0.1) is 11.6 Å². The van der Waals surface area contributed by atoms with E-state index in [2.05, 4.69) is 14.9 Å². The molecule has 0 amide bonds. The van der Waals surface area contributed by atoms with E-state index in [0.29, 0.717) is 77.1 Å². The third-order valence-electron chi connectivity index (χ3n) is 6.48. The van der Waals surface area contributed by atoms with E-state index in [9.17, 15) is 13.6 Å². The number of halogens is 2. The van der Waals surface area contributed by atoms with Crippen molar-refractivity contribution in [3.63, 3.8) is 0 Å². The maximum absolute atomic E-state index is 14.9. The van der Waals surface area contributed by atoms with E-state index in [0.717, 1.165) is 18.8 Å². The van der Waals surface area contributed by atoms with Gasteiger partial charge in [0.15, 0.2) is 11.6 Å². The summed E-state index contributed by atoms with van der Waals surface area (Å²) in [6.07, 6.45) is 0.601. The minimum Gasteiger partial charge on any atom is -0.492 e. The first-order chi connectivity index (χ1) is 16.6. The second-order valence-corrected chi connectivity index (χ2v) is 8.63. The van der Waals surface area contributed by atoms with Gasteiger partial charge in [0, 0.05) is 64.4 Å². The Kier molecular flexibility index (Phi) is 6.93. The highest BCUT2D eigenvalue weighted by atomic mass is 19.1. The Hall–Kier alpha value is -2.76. The third-order valence-corrected chi connectivity index (χ3v) is 6.48. The Bertz CT molecular complexity index is 1040. The first kappa shape index (κ1) is 23.0. The molecule has 4 heterocycles. The lowest BCUT2D eigenvalue weighted by Gasteiger charge is -2.36. The Balaban J connectivity index is 1.20. The molecule has 0 aliphatic carbocycles. The van der Waals surface area contributed by atoms with Crippen molar-refractivity contribution in [2.75, 3.05) is 82.0 Å². The highest BCUT2D eigenvalue weighted by Crippen LogP contribution is 2.29. The Morgan fingerprint density at radius 3 is 2.41 bits per heavy atom. The Labute approximate surface area is 196 Å². The number of aromatic nitrogens is 2. The monoisotopic (exact) mass is 477 g/mol. The summed E-state index contributed by atoms with van der Waals surface area (Å²) in [7, 11) is 0. The number of aromatic amines is 1. The fraction of sp³-hybridized carbons (Fsp3) is 0.565. The average Bonchev–Trinajstić information content (AvgIpc) is 2.85. The van der Waals surface area contributed by atoms with Gasteiger partial charge in [-0.15, -0.1) is 0 Å². The van der Waals surface area contributed by atoms with Crippen LogP contribution in [0.25, 0.3) is 0 Å². The number of nitrogens with zero attached hydrogens (tertiary/aromatic N) is 4. The summed E-state index contributed by atoms with van der Waals surface area (Å²) < 4.78 is 46.0. The van der Waals surface area contributed by atoms with Crippen LogP contribution in [0.3, 0.4) is 0 Å². The highest BCUT2D eigenvalue weighted by molar-refractivity contribution is 5.53. The van der Waals surface area contributed by atoms with Gasteiger partial charge >= 0.3 is 0 Å². The number of anilines is 2. The molecule has 34 heavy (non-hydrogen) atoms. The summed E-state index contributed by atoms with van der Waals surface area (Å²) in [6.45, 7) is 6.67. The topological polar surface area (TPSA) is 83.2 Å². The second-order valence-electron chi connectivity index (χ2n) is 8.63. The number of hydrogen-bond donors (Lipinski definition) is 1. The number of benzene rings is 1. The van der Waals surface area contributed by atoms with E-state index in [-0.39, 0.29) is 23.6 Å². The molecule has 3 aliphatic heterocycles. The van der Waals surface area contributed by atoms with Crippen LogP contribution in [0.2, 0.25) is 0 Å². The molecule has 1 aromatic heterocycles. The van der Waals surface area contributed by atoms with Gasteiger partial charge in [-0.1, -0.05) is 0 Å². The normalized spacial score (nSPS) is 19.2. The van der Waals surface area contributed by atoms with Crippen molar-refractivity contribution in [3.05, 3.63) is 45.4 Å². The van der Waals surface area contributed by atoms with Crippen LogP contribution in [0.1, 0.15) is 11.3 Å². The SMILES string of the molecule is O=c1[nH]c(N2CCN(c3c(F)cc(OCCN4CCOCC4)cc3F)CC2)nc2c1COCC2. The molecule has 0 radical (unpaired) electrons. The molecular weight excluding hydrogens is 448 g/mol. The zero-order valence-corrected chi connectivity index (χ0v) is 19.0. The van der Waals surface area contributed by atoms with Gasteiger partial charge in [-0.2, -0.15) is 0 Å². The van der Waals surface area contributed by atoms with Gasteiger partial charge in [-0.25, -0.2) is 13.8 Å². The van der Waals surface area contributed by atoms with Crippen LogP contribution in [-0.2, 0) is 22.5 Å². The van der Waals surface area contributed by atoms with Crippen molar-refractivity contribution in [1.82, 2.24) is 14.9 Å². The van der Waals surface area contributed by atoms with Gasteiger partial charge in [-0.05, 0) is 0 Å². The smallest absolute Gasteiger partial charge is 0.258 e. The fourth-order valence-corrected chi connectivity index (χ4v) is 4.57. The molecule has 0 unspecified atom stereocenters. The lowest BCUT2D eigenvalue weighted by Crippen LogP contribution is -2.48. The summed E-state index contributed by atoms with van der Waals surface area (Å²) in [6, 6.07) is 2.49. The summed E-state index contributed by atoms with van der Waals surface area (Å²) in [5.74, 6) is -0.606. The number of hydrogen-bond acceptors (Lipinski definition) is 8. The zero-order valence-electron chi connectivity index (χ0n) is 19.0. The predicted molar refractivity (Wildman–Crippen MR) is 122 cm³/mol. The first-order valence-electron chi connectivity index (χ1n) is 11.7. The number of ether oxygens (including phenoxy) is 3. The minimum absolute atomic E-state index is 0.0516. The summed E-state index contributed by atoms with van der Waals surface area (Å²) >= 11 is 0. The van der Waals surface area contributed by atoms with E-state index >= 15 is 0 Å². The van der Waals surface area contributed by atoms with E-state index < -0.39 is 11.6 Å². The predicted octanol–water partition coefficient (Wildman–Crippen LogP) is 1.16. The molecule has 2 saturated heterocycles. The van der Waals surface area contributed by atoms with E-state index in [1.54, 1.807) is 4.90 Å². The third kappa shape index (κ3) is 5.01. The molecule has 3 aliphatic rings. The number of rotatable bonds is 6. The number of fused-ring (bicyclic) bond motifs is 1. The number of morpholine rings is 1. The van der Waals surface area contributed by atoms with Crippen molar-refractivity contribution < 1.29 is 23.0 Å². The van der Waals surface area contributed by atoms with Crippen LogP contribution in [0.15, 0.2) is 16.9 Å². The maximum Gasteiger partial charge on any atom is 0.258 e. The molecule has 1 N–H and O–H groups in total. The number of nitrogens with one attached hydrogen (secondary N) is 1. The maximum atomic E-state index is 14.9. The lowest BCUT2D eigenvalue weighted by molar-refractivity contribution is 0.0322. The molecule has 9 nitrogen and oxygen atoms in total. The van der Waals surface area contributed by atoms with Gasteiger partial charge in [0.25, 0.3) is 5.56 Å². The largest absolute Gasteiger partial charge is 0.492 e. The Morgan fingerprint density at radius 1 is 0.971 bits per heavy atom. The zero-order chi connectivity index (χ0) is 23.5. The van der Waals surface area contributed by atoms with E-state index in [4.69, 9.17) is 14.2 Å². The van der Waals surface area contributed by atoms with Crippen molar-refractivity contribution in [1.29, 1.82) is 0 Å².